The number of carboxylic acid groups (broad SMARTS) is 1. The van der Waals surface area contributed by atoms with Crippen LogP contribution in [-0.4, -0.2) is 57.7 Å². The number of carbonyl (C=O) groups is 3. The molecule has 0 radical (unpaired) electrons. The molecule has 35 heavy (non-hydrogen) atoms. The second-order valence-electron chi connectivity index (χ2n) is 7.65. The van der Waals surface area contributed by atoms with Crippen LogP contribution in [0.1, 0.15) is 5.69 Å². The number of thiazole rings is 1. The van der Waals surface area contributed by atoms with Gasteiger partial charge in [0.25, 0.3) is 11.8 Å². The minimum absolute atomic E-state index is 0.144. The Morgan fingerprint density at radius 2 is 2.29 bits per heavy atom. The number of anilines is 1. The number of pyridine rings is 1. The Morgan fingerprint density at radius 1 is 1.46 bits per heavy atom. The number of furan rings is 1. The fourth-order valence-corrected chi connectivity index (χ4v) is 5.85. The maximum absolute atomic E-state index is 13.0. The lowest BCUT2D eigenvalue weighted by molar-refractivity contribution is -0.687. The summed E-state index contributed by atoms with van der Waals surface area (Å²) < 4.78 is 7.15. The average Bonchev–Trinajstić information content (AvgIpc) is 3.48. The first-order valence-electron chi connectivity index (χ1n) is 10.2. The van der Waals surface area contributed by atoms with Crippen molar-refractivity contribution in [2.45, 2.75) is 18.0 Å². The lowest BCUT2D eigenvalue weighted by Crippen LogP contribution is -2.71. The van der Waals surface area contributed by atoms with E-state index in [4.69, 9.17) is 15.0 Å². The second kappa shape index (κ2) is 9.03. The zero-order valence-corrected chi connectivity index (χ0v) is 19.8. The molecule has 3 N–H and O–H groups in total. The monoisotopic (exact) mass is 514 g/mol. The lowest BCUT2D eigenvalue weighted by atomic mass is 10.0. The lowest BCUT2D eigenvalue weighted by Gasteiger charge is -2.50. The molecule has 2 aliphatic heterocycles. The molecular weight excluding hydrogens is 496 g/mol. The molecule has 1 fully saturated rings. The molecule has 0 spiro atoms. The number of fused-ring (bicyclic) bond motifs is 2. The van der Waals surface area contributed by atoms with Crippen LogP contribution < -0.4 is 20.7 Å². The van der Waals surface area contributed by atoms with E-state index in [0.717, 1.165) is 21.6 Å². The summed E-state index contributed by atoms with van der Waals surface area (Å²) in [6.07, 6.45) is 5.17. The first-order valence-corrected chi connectivity index (χ1v) is 12.2. The predicted molar refractivity (Wildman–Crippen MR) is 124 cm³/mol. The molecule has 180 valence electrons. The summed E-state index contributed by atoms with van der Waals surface area (Å²) in [6.45, 7) is 0.251. The number of rotatable bonds is 7. The molecule has 1 saturated heterocycles. The van der Waals surface area contributed by atoms with Gasteiger partial charge in [-0.15, -0.1) is 23.1 Å². The molecule has 12 nitrogen and oxygen atoms in total. The van der Waals surface area contributed by atoms with E-state index in [1.54, 1.807) is 30.0 Å². The van der Waals surface area contributed by atoms with Gasteiger partial charge in [-0.05, 0) is 6.07 Å². The Balaban J connectivity index is 1.36. The minimum atomic E-state index is -1.45. The largest absolute Gasteiger partial charge is 0.543 e. The standard InChI is InChI=1S/C21H18N6O6S2/c1-32-25-14(12-9-35-21(22)23-12)17(28)24-15-18(29)27-16(20(30)31)11(8-34-19(15)27)7-26-4-2-13-10(6-26)3-5-33-13/h2-6,9,15,19H,7-8H2,1H3,(H3-,22,23,24,28,30,31)/t15?,19-/m1/s1. The van der Waals surface area contributed by atoms with Gasteiger partial charge in [0, 0.05) is 22.8 Å². The van der Waals surface area contributed by atoms with Gasteiger partial charge in [0.15, 0.2) is 29.8 Å². The zero-order valence-electron chi connectivity index (χ0n) is 18.2. The van der Waals surface area contributed by atoms with Crippen LogP contribution in [0, 0.1) is 0 Å². The van der Waals surface area contributed by atoms with Crippen LogP contribution in [0.2, 0.25) is 0 Å². The van der Waals surface area contributed by atoms with E-state index in [1.165, 1.54) is 18.9 Å². The molecular formula is C21H18N6O6S2. The van der Waals surface area contributed by atoms with Crippen molar-refractivity contribution in [3.63, 3.8) is 0 Å². The first-order chi connectivity index (χ1) is 16.9. The van der Waals surface area contributed by atoms with Gasteiger partial charge in [-0.3, -0.25) is 14.5 Å². The second-order valence-corrected chi connectivity index (χ2v) is 9.65. The molecule has 14 heteroatoms. The van der Waals surface area contributed by atoms with Crippen molar-refractivity contribution in [3.8, 4) is 0 Å². The fraction of sp³-hybridized carbons (Fsp3) is 0.238. The third kappa shape index (κ3) is 4.10. The molecule has 2 aliphatic rings. The number of carbonyl (C=O) groups excluding carboxylic acids is 3. The number of nitrogens with one attached hydrogen (secondary N) is 1. The maximum Gasteiger partial charge on any atom is 0.276 e. The van der Waals surface area contributed by atoms with Crippen LogP contribution >= 0.6 is 23.1 Å². The van der Waals surface area contributed by atoms with Crippen LogP contribution in [0.15, 0.2) is 57.0 Å². The molecule has 5 rings (SSSR count). The number of hydrogen-bond donors (Lipinski definition) is 2. The van der Waals surface area contributed by atoms with Gasteiger partial charge in [0.05, 0.1) is 23.3 Å². The molecule has 0 bridgehead atoms. The number of hydrogen-bond acceptors (Lipinski definition) is 11. The number of thioether (sulfide) groups is 1. The number of β-lactam (4-membered cyclic amide) rings is 1. The van der Waals surface area contributed by atoms with Gasteiger partial charge < -0.3 is 30.2 Å². The Hall–Kier alpha value is -3.91. The van der Waals surface area contributed by atoms with Crippen molar-refractivity contribution in [1.29, 1.82) is 0 Å². The predicted octanol–water partition coefficient (Wildman–Crippen LogP) is -0.786. The quantitative estimate of drug-likeness (QED) is 0.178. The molecule has 3 aromatic heterocycles. The van der Waals surface area contributed by atoms with Crippen LogP contribution in [-0.2, 0) is 25.8 Å². The fourth-order valence-electron chi connectivity index (χ4n) is 3.97. The van der Waals surface area contributed by atoms with E-state index in [9.17, 15) is 19.5 Å². The van der Waals surface area contributed by atoms with Crippen molar-refractivity contribution >= 4 is 62.7 Å². The van der Waals surface area contributed by atoms with Crippen LogP contribution in [0.5, 0.6) is 0 Å². The van der Waals surface area contributed by atoms with Crippen molar-refractivity contribution in [3.05, 3.63) is 53.1 Å². The average molecular weight is 515 g/mol. The van der Waals surface area contributed by atoms with Gasteiger partial charge in [0.1, 0.15) is 29.8 Å². The van der Waals surface area contributed by atoms with E-state index in [-0.39, 0.29) is 28.8 Å². The topological polar surface area (TPSA) is 167 Å². The summed E-state index contributed by atoms with van der Waals surface area (Å²) in [7, 11) is 1.27. The number of carboxylic acids is 1. The van der Waals surface area contributed by atoms with E-state index >= 15 is 0 Å². The van der Waals surface area contributed by atoms with Gasteiger partial charge in [-0.25, -0.2) is 9.55 Å². The molecule has 2 atom stereocenters. The van der Waals surface area contributed by atoms with Gasteiger partial charge in [0.2, 0.25) is 0 Å². The number of nitrogen functional groups attached to an aromatic ring is 1. The van der Waals surface area contributed by atoms with Gasteiger partial charge in [-0.1, -0.05) is 5.16 Å². The van der Waals surface area contributed by atoms with Gasteiger partial charge >= 0.3 is 0 Å². The molecule has 1 unspecified atom stereocenters. The Labute approximate surface area is 206 Å². The Bertz CT molecular complexity index is 1410. The summed E-state index contributed by atoms with van der Waals surface area (Å²) in [6, 6.07) is 2.64. The third-order valence-electron chi connectivity index (χ3n) is 5.51. The highest BCUT2D eigenvalue weighted by molar-refractivity contribution is 8.00. The van der Waals surface area contributed by atoms with Crippen LogP contribution in [0.3, 0.4) is 0 Å². The number of nitrogens with two attached hydrogens (primary N) is 1. The first kappa shape index (κ1) is 22.9. The third-order valence-corrected chi connectivity index (χ3v) is 7.53. The highest BCUT2D eigenvalue weighted by atomic mass is 32.2. The molecule has 2 amide bonds. The zero-order chi connectivity index (χ0) is 24.7. The van der Waals surface area contributed by atoms with E-state index in [2.05, 4.69) is 15.5 Å². The molecule has 3 aromatic rings. The summed E-state index contributed by atoms with van der Waals surface area (Å²) in [5, 5.41) is 20.4. The van der Waals surface area contributed by atoms with Gasteiger partial charge in [-0.2, -0.15) is 0 Å². The number of amides is 2. The van der Waals surface area contributed by atoms with E-state index in [0.29, 0.717) is 16.9 Å². The summed E-state index contributed by atoms with van der Waals surface area (Å²) in [5.41, 5.74) is 6.75. The maximum atomic E-state index is 13.0. The number of aliphatic carboxylic acids is 1. The minimum Gasteiger partial charge on any atom is -0.543 e. The normalized spacial score (nSPS) is 20.0. The van der Waals surface area contributed by atoms with Crippen molar-refractivity contribution < 1.29 is 33.3 Å². The van der Waals surface area contributed by atoms with Crippen molar-refractivity contribution in [2.75, 3.05) is 18.6 Å². The molecule has 0 saturated carbocycles. The smallest absolute Gasteiger partial charge is 0.276 e. The van der Waals surface area contributed by atoms with Crippen molar-refractivity contribution in [2.24, 2.45) is 5.16 Å². The summed E-state index contributed by atoms with van der Waals surface area (Å²) >= 11 is 2.47. The molecule has 0 aromatic carbocycles. The van der Waals surface area contributed by atoms with Crippen LogP contribution in [0.25, 0.3) is 11.0 Å². The summed E-state index contributed by atoms with van der Waals surface area (Å²) in [4.78, 5) is 47.8. The van der Waals surface area contributed by atoms with E-state index in [1.807, 2.05) is 10.8 Å². The number of nitrogens with zero attached hydrogens (tertiary/aromatic N) is 4. The highest BCUT2D eigenvalue weighted by Gasteiger charge is 2.53. The molecule has 5 heterocycles. The Morgan fingerprint density at radius 3 is 3.00 bits per heavy atom. The van der Waals surface area contributed by atoms with E-state index < -0.39 is 29.2 Å². The highest BCUT2D eigenvalue weighted by Crippen LogP contribution is 2.40. The van der Waals surface area contributed by atoms with Crippen LogP contribution in [0.4, 0.5) is 5.13 Å². The number of oxime groups is 1. The summed E-state index contributed by atoms with van der Waals surface area (Å²) in [5.74, 6) is -2.36. The SMILES string of the molecule is CON=C(C(=O)NC1C(=O)N2C(C(=O)[O-])=C(C[n+]3ccc4occc4c3)CS[C@H]12)c1csc(N)n1. The Kier molecular flexibility index (Phi) is 5.90. The number of aromatic nitrogens is 2. The molecule has 0 aliphatic carbocycles. The van der Waals surface area contributed by atoms with Crippen molar-refractivity contribution in [1.82, 2.24) is 15.2 Å².